The van der Waals surface area contributed by atoms with Gasteiger partial charge in [-0.3, -0.25) is 14.3 Å². The number of pyridine rings is 1. The molecule has 0 spiro atoms. The van der Waals surface area contributed by atoms with Crippen LogP contribution in [0.3, 0.4) is 0 Å². The SMILES string of the molecule is CN(c1cc(-c2nc(C(=O)Nc3cn(CCCCCCOCCOCCN)nc3C(N)=O)co2)ccn1)C1CC1. The average molecular weight is 555 g/mol. The van der Waals surface area contributed by atoms with Gasteiger partial charge >= 0.3 is 0 Å². The second kappa shape index (κ2) is 14.5. The van der Waals surface area contributed by atoms with Crippen LogP contribution >= 0.6 is 0 Å². The highest BCUT2D eigenvalue weighted by Crippen LogP contribution is 2.31. The summed E-state index contributed by atoms with van der Waals surface area (Å²) in [6, 6.07) is 4.17. The van der Waals surface area contributed by atoms with Crippen molar-refractivity contribution in [2.24, 2.45) is 11.5 Å². The van der Waals surface area contributed by atoms with Crippen molar-refractivity contribution in [1.82, 2.24) is 19.7 Å². The number of ether oxygens (including phenoxy) is 2. The Bertz CT molecular complexity index is 1260. The van der Waals surface area contributed by atoms with E-state index in [0.717, 1.165) is 44.3 Å². The number of aromatic nitrogens is 4. The predicted molar refractivity (Wildman–Crippen MR) is 149 cm³/mol. The summed E-state index contributed by atoms with van der Waals surface area (Å²) < 4.78 is 18.0. The Kier molecular flexibility index (Phi) is 10.6. The molecule has 1 aliphatic carbocycles. The van der Waals surface area contributed by atoms with Crippen molar-refractivity contribution in [3.8, 4) is 11.5 Å². The highest BCUT2D eigenvalue weighted by Gasteiger charge is 2.27. The second-order valence-electron chi connectivity index (χ2n) is 9.68. The van der Waals surface area contributed by atoms with Gasteiger partial charge in [-0.05, 0) is 37.8 Å². The molecule has 2 amide bonds. The van der Waals surface area contributed by atoms with Crippen molar-refractivity contribution in [3.05, 3.63) is 42.2 Å². The summed E-state index contributed by atoms with van der Waals surface area (Å²) in [6.45, 7) is 3.44. The van der Waals surface area contributed by atoms with Gasteiger partial charge in [0.1, 0.15) is 12.1 Å². The molecule has 40 heavy (non-hydrogen) atoms. The molecule has 0 aliphatic heterocycles. The van der Waals surface area contributed by atoms with Crippen LogP contribution < -0.4 is 21.7 Å². The lowest BCUT2D eigenvalue weighted by atomic mass is 10.2. The summed E-state index contributed by atoms with van der Waals surface area (Å²) in [6.07, 6.45) is 10.6. The van der Waals surface area contributed by atoms with E-state index in [0.29, 0.717) is 57.0 Å². The molecule has 0 bridgehead atoms. The Morgan fingerprint density at radius 3 is 2.67 bits per heavy atom. The van der Waals surface area contributed by atoms with Crippen LogP contribution in [0.15, 0.2) is 35.2 Å². The third-order valence-electron chi connectivity index (χ3n) is 6.49. The Hall–Kier alpha value is -3.81. The van der Waals surface area contributed by atoms with Crippen LogP contribution in [0, 0.1) is 0 Å². The summed E-state index contributed by atoms with van der Waals surface area (Å²) >= 11 is 0. The summed E-state index contributed by atoms with van der Waals surface area (Å²) in [5, 5.41) is 6.95. The van der Waals surface area contributed by atoms with Gasteiger partial charge < -0.3 is 35.6 Å². The minimum absolute atomic E-state index is 0.00999. The van der Waals surface area contributed by atoms with E-state index in [1.165, 1.54) is 6.26 Å². The quantitative estimate of drug-likeness (QED) is 0.198. The van der Waals surface area contributed by atoms with Crippen LogP contribution in [0.4, 0.5) is 11.5 Å². The highest BCUT2D eigenvalue weighted by atomic mass is 16.5. The van der Waals surface area contributed by atoms with Gasteiger partial charge in [-0.1, -0.05) is 12.8 Å². The molecular formula is C27H38N8O5. The number of amides is 2. The van der Waals surface area contributed by atoms with Gasteiger partial charge in [-0.15, -0.1) is 0 Å². The lowest BCUT2D eigenvalue weighted by molar-refractivity contribution is 0.0492. The number of primary amides is 1. The molecule has 3 heterocycles. The van der Waals surface area contributed by atoms with E-state index < -0.39 is 11.8 Å². The second-order valence-corrected chi connectivity index (χ2v) is 9.68. The Morgan fingerprint density at radius 2 is 1.93 bits per heavy atom. The van der Waals surface area contributed by atoms with E-state index in [1.54, 1.807) is 23.1 Å². The molecular weight excluding hydrogens is 516 g/mol. The molecule has 5 N–H and O–H groups in total. The molecule has 4 rings (SSSR count). The van der Waals surface area contributed by atoms with Gasteiger partial charge in [-0.25, -0.2) is 9.97 Å². The van der Waals surface area contributed by atoms with Crippen LogP contribution in [0.5, 0.6) is 0 Å². The Balaban J connectivity index is 1.26. The maximum Gasteiger partial charge on any atom is 0.277 e. The fourth-order valence-electron chi connectivity index (χ4n) is 4.14. The maximum absolute atomic E-state index is 12.9. The fraction of sp³-hybridized carbons (Fsp3) is 0.519. The Labute approximate surface area is 233 Å². The number of oxazole rings is 1. The minimum atomic E-state index is -0.730. The number of aryl methyl sites for hydroxylation is 1. The van der Waals surface area contributed by atoms with Crippen LogP contribution in [-0.2, 0) is 16.0 Å². The van der Waals surface area contributed by atoms with Crippen LogP contribution in [0.25, 0.3) is 11.5 Å². The van der Waals surface area contributed by atoms with E-state index >= 15 is 0 Å². The normalized spacial score (nSPS) is 12.9. The maximum atomic E-state index is 12.9. The molecule has 0 saturated heterocycles. The van der Waals surface area contributed by atoms with Gasteiger partial charge in [0.2, 0.25) is 5.89 Å². The lowest BCUT2D eigenvalue weighted by Gasteiger charge is -2.17. The molecule has 1 fully saturated rings. The zero-order valence-electron chi connectivity index (χ0n) is 22.9. The Morgan fingerprint density at radius 1 is 1.15 bits per heavy atom. The first-order valence-corrected chi connectivity index (χ1v) is 13.6. The van der Waals surface area contributed by atoms with Crippen molar-refractivity contribution in [3.63, 3.8) is 0 Å². The van der Waals surface area contributed by atoms with Gasteiger partial charge in [0, 0.05) is 50.7 Å². The van der Waals surface area contributed by atoms with E-state index in [9.17, 15) is 9.59 Å². The number of unbranched alkanes of at least 4 members (excludes halogenated alkanes) is 3. The van der Waals surface area contributed by atoms with Gasteiger partial charge in [-0.2, -0.15) is 5.10 Å². The molecule has 3 aromatic heterocycles. The summed E-state index contributed by atoms with van der Waals surface area (Å²) in [4.78, 5) is 35.8. The summed E-state index contributed by atoms with van der Waals surface area (Å²) in [5.41, 5.74) is 11.9. The third kappa shape index (κ3) is 8.34. The van der Waals surface area contributed by atoms with E-state index in [4.69, 9.17) is 25.4 Å². The first-order chi connectivity index (χ1) is 19.5. The van der Waals surface area contributed by atoms with Crippen molar-refractivity contribution < 1.29 is 23.5 Å². The number of nitrogens with two attached hydrogens (primary N) is 2. The summed E-state index contributed by atoms with van der Waals surface area (Å²) in [5.74, 6) is -0.143. The molecule has 0 radical (unpaired) electrons. The number of hydrogen-bond acceptors (Lipinski definition) is 10. The standard InChI is InChI=1S/C27H38N8O5/c1-34(20-6-7-20)23-16-19(8-10-30-23)27-32-22(18-40-27)26(37)31-21-17-35(33-24(21)25(29)36)11-4-2-3-5-12-38-14-15-39-13-9-28/h8,10,16-18,20H,2-7,9,11-15,28H2,1H3,(H2,29,36)(H,31,37). The first-order valence-electron chi connectivity index (χ1n) is 13.6. The number of hydrogen-bond donors (Lipinski definition) is 3. The van der Waals surface area contributed by atoms with Crippen LogP contribution in [0.2, 0.25) is 0 Å². The summed E-state index contributed by atoms with van der Waals surface area (Å²) in [7, 11) is 2.01. The number of carbonyl (C=O) groups excluding carboxylic acids is 2. The van der Waals surface area contributed by atoms with Crippen molar-refractivity contribution in [1.29, 1.82) is 0 Å². The van der Waals surface area contributed by atoms with Crippen LogP contribution in [0.1, 0.15) is 59.5 Å². The number of anilines is 2. The van der Waals surface area contributed by atoms with Gasteiger partial charge in [0.05, 0.1) is 25.5 Å². The number of nitrogens with one attached hydrogen (secondary N) is 1. The molecule has 0 atom stereocenters. The largest absolute Gasteiger partial charge is 0.444 e. The molecule has 13 nitrogen and oxygen atoms in total. The first kappa shape index (κ1) is 29.2. The fourth-order valence-corrected chi connectivity index (χ4v) is 4.14. The van der Waals surface area contributed by atoms with E-state index in [2.05, 4.69) is 25.3 Å². The number of nitrogens with zero attached hydrogens (tertiary/aromatic N) is 5. The molecule has 3 aromatic rings. The lowest BCUT2D eigenvalue weighted by Crippen LogP contribution is -2.20. The van der Waals surface area contributed by atoms with Crippen molar-refractivity contribution in [2.75, 3.05) is 50.2 Å². The molecule has 216 valence electrons. The molecule has 13 heteroatoms. The number of carbonyl (C=O) groups is 2. The van der Waals surface area contributed by atoms with Gasteiger partial charge in [0.25, 0.3) is 11.8 Å². The van der Waals surface area contributed by atoms with Crippen molar-refractivity contribution >= 4 is 23.3 Å². The highest BCUT2D eigenvalue weighted by molar-refractivity contribution is 6.07. The monoisotopic (exact) mass is 554 g/mol. The van der Waals surface area contributed by atoms with E-state index in [-0.39, 0.29) is 17.1 Å². The third-order valence-corrected chi connectivity index (χ3v) is 6.49. The molecule has 0 aromatic carbocycles. The minimum Gasteiger partial charge on any atom is -0.444 e. The topological polar surface area (TPSA) is 177 Å². The van der Waals surface area contributed by atoms with Gasteiger partial charge in [0.15, 0.2) is 11.4 Å². The molecule has 1 saturated carbocycles. The van der Waals surface area contributed by atoms with E-state index in [1.807, 2.05) is 13.1 Å². The molecule has 1 aliphatic rings. The average Bonchev–Trinajstić information content (AvgIpc) is 3.53. The number of rotatable bonds is 18. The predicted octanol–water partition coefficient (Wildman–Crippen LogP) is 2.44. The van der Waals surface area contributed by atoms with Crippen LogP contribution in [-0.4, -0.2) is 77.6 Å². The zero-order valence-corrected chi connectivity index (χ0v) is 22.9. The van der Waals surface area contributed by atoms with Crippen molar-refractivity contribution in [2.45, 2.75) is 51.1 Å². The smallest absolute Gasteiger partial charge is 0.277 e. The molecule has 0 unspecified atom stereocenters. The zero-order chi connectivity index (χ0) is 28.3.